The molecule has 0 aliphatic carbocycles. The summed E-state index contributed by atoms with van der Waals surface area (Å²) < 4.78 is 27.7. The highest BCUT2D eigenvalue weighted by Gasteiger charge is 2.27. The van der Waals surface area contributed by atoms with Crippen molar-refractivity contribution in [3.63, 3.8) is 0 Å². The lowest BCUT2D eigenvalue weighted by atomic mass is 10.1. The number of sulfonamides is 1. The Morgan fingerprint density at radius 2 is 2.10 bits per heavy atom. The minimum atomic E-state index is -3.49. The number of likely N-dealkylation sites (tertiary alicyclic amines) is 1. The second kappa shape index (κ2) is 6.38. The SMILES string of the molecule is CCCN1CCC(NS(=O)(=O)c2sc(N)nc2C)CC1. The Hall–Kier alpha value is -0.700. The van der Waals surface area contributed by atoms with Crippen LogP contribution in [0.15, 0.2) is 4.21 Å². The van der Waals surface area contributed by atoms with Gasteiger partial charge in [-0.05, 0) is 45.8 Å². The number of aryl methyl sites for hydroxylation is 1. The molecule has 1 aliphatic heterocycles. The average Bonchev–Trinajstić information content (AvgIpc) is 2.72. The molecule has 0 unspecified atom stereocenters. The number of thiazole rings is 1. The molecule has 0 bridgehead atoms. The summed E-state index contributed by atoms with van der Waals surface area (Å²) in [4.78, 5) is 6.35. The van der Waals surface area contributed by atoms with Gasteiger partial charge in [-0.2, -0.15) is 0 Å². The molecule has 0 atom stereocenters. The molecule has 1 aliphatic rings. The van der Waals surface area contributed by atoms with Crippen molar-refractivity contribution in [3.8, 4) is 0 Å². The molecule has 114 valence electrons. The minimum Gasteiger partial charge on any atom is -0.375 e. The summed E-state index contributed by atoms with van der Waals surface area (Å²) in [5.41, 5.74) is 6.04. The van der Waals surface area contributed by atoms with Crippen LogP contribution < -0.4 is 10.5 Å². The fourth-order valence-electron chi connectivity index (χ4n) is 2.52. The van der Waals surface area contributed by atoms with Crippen molar-refractivity contribution in [2.24, 2.45) is 0 Å². The van der Waals surface area contributed by atoms with E-state index in [9.17, 15) is 8.42 Å². The predicted octanol–water partition coefficient (Wildman–Crippen LogP) is 1.19. The van der Waals surface area contributed by atoms with Crippen molar-refractivity contribution in [2.45, 2.75) is 43.4 Å². The average molecular weight is 318 g/mol. The first kappa shape index (κ1) is 15.7. The topological polar surface area (TPSA) is 88.3 Å². The van der Waals surface area contributed by atoms with Gasteiger partial charge in [0.15, 0.2) is 9.34 Å². The largest absolute Gasteiger partial charge is 0.375 e. The number of hydrogen-bond donors (Lipinski definition) is 2. The second-order valence-corrected chi connectivity index (χ2v) is 8.10. The van der Waals surface area contributed by atoms with E-state index in [1.165, 1.54) is 0 Å². The van der Waals surface area contributed by atoms with Crippen molar-refractivity contribution in [3.05, 3.63) is 5.69 Å². The molecule has 20 heavy (non-hydrogen) atoms. The van der Waals surface area contributed by atoms with Crippen LogP contribution in [0.4, 0.5) is 5.13 Å². The summed E-state index contributed by atoms with van der Waals surface area (Å²) >= 11 is 1.02. The van der Waals surface area contributed by atoms with Crippen molar-refractivity contribution in [1.29, 1.82) is 0 Å². The van der Waals surface area contributed by atoms with Gasteiger partial charge in [-0.3, -0.25) is 0 Å². The molecule has 0 amide bonds. The van der Waals surface area contributed by atoms with E-state index in [1.54, 1.807) is 6.92 Å². The van der Waals surface area contributed by atoms with E-state index < -0.39 is 10.0 Å². The lowest BCUT2D eigenvalue weighted by molar-refractivity contribution is 0.208. The molecule has 1 saturated heterocycles. The Labute approximate surface area is 124 Å². The summed E-state index contributed by atoms with van der Waals surface area (Å²) in [5.74, 6) is 0. The summed E-state index contributed by atoms with van der Waals surface area (Å²) in [6.45, 7) is 6.82. The van der Waals surface area contributed by atoms with Crippen LogP contribution >= 0.6 is 11.3 Å². The lowest BCUT2D eigenvalue weighted by Crippen LogP contribution is -2.44. The second-order valence-electron chi connectivity index (χ2n) is 5.16. The van der Waals surface area contributed by atoms with Gasteiger partial charge < -0.3 is 10.6 Å². The molecule has 8 heteroatoms. The third-order valence-corrected chi connectivity index (χ3v) is 6.58. The van der Waals surface area contributed by atoms with Crippen LogP contribution in [0.1, 0.15) is 31.9 Å². The van der Waals surface area contributed by atoms with E-state index >= 15 is 0 Å². The monoisotopic (exact) mass is 318 g/mol. The van der Waals surface area contributed by atoms with Gasteiger partial charge in [0.2, 0.25) is 0 Å². The molecule has 1 aromatic heterocycles. The smallest absolute Gasteiger partial charge is 0.252 e. The first-order valence-corrected chi connectivity index (χ1v) is 9.20. The standard InChI is InChI=1S/C12H22N4O2S2/c1-3-6-16-7-4-10(5-8-16)15-20(17,18)11-9(2)14-12(13)19-11/h10,15H,3-8H2,1-2H3,(H2,13,14). The zero-order valence-electron chi connectivity index (χ0n) is 11.9. The fraction of sp³-hybridized carbons (Fsp3) is 0.750. The van der Waals surface area contributed by atoms with Crippen molar-refractivity contribution < 1.29 is 8.42 Å². The number of rotatable bonds is 5. The van der Waals surface area contributed by atoms with Crippen molar-refractivity contribution in [2.75, 3.05) is 25.4 Å². The van der Waals surface area contributed by atoms with Gasteiger partial charge in [0.1, 0.15) is 0 Å². The maximum absolute atomic E-state index is 12.3. The Morgan fingerprint density at radius 3 is 2.60 bits per heavy atom. The van der Waals surface area contributed by atoms with Gasteiger partial charge in [-0.1, -0.05) is 18.3 Å². The van der Waals surface area contributed by atoms with E-state index in [-0.39, 0.29) is 10.3 Å². The number of hydrogen-bond acceptors (Lipinski definition) is 6. The Kier molecular flexibility index (Phi) is 5.00. The summed E-state index contributed by atoms with van der Waals surface area (Å²) in [5, 5.41) is 0.292. The molecular weight excluding hydrogens is 296 g/mol. The zero-order chi connectivity index (χ0) is 14.8. The van der Waals surface area contributed by atoms with Crippen LogP contribution in [0.3, 0.4) is 0 Å². The Bertz CT molecular complexity index is 548. The number of nitrogens with zero attached hydrogens (tertiary/aromatic N) is 2. The molecule has 2 rings (SSSR count). The van der Waals surface area contributed by atoms with Crippen LogP contribution in [0, 0.1) is 6.92 Å². The zero-order valence-corrected chi connectivity index (χ0v) is 13.6. The maximum atomic E-state index is 12.3. The van der Waals surface area contributed by atoms with Crippen LogP contribution in [0.2, 0.25) is 0 Å². The van der Waals surface area contributed by atoms with E-state index in [1.807, 2.05) is 0 Å². The summed E-state index contributed by atoms with van der Waals surface area (Å²) in [7, 11) is -3.49. The van der Waals surface area contributed by atoms with Crippen molar-refractivity contribution in [1.82, 2.24) is 14.6 Å². The van der Waals surface area contributed by atoms with Crippen molar-refractivity contribution >= 4 is 26.5 Å². The number of nitrogens with two attached hydrogens (primary N) is 1. The van der Waals surface area contributed by atoms with Gasteiger partial charge in [0, 0.05) is 6.04 Å². The first-order chi connectivity index (χ1) is 9.42. The normalized spacial score (nSPS) is 18.5. The highest BCUT2D eigenvalue weighted by molar-refractivity contribution is 7.91. The molecule has 1 fully saturated rings. The quantitative estimate of drug-likeness (QED) is 0.851. The van der Waals surface area contributed by atoms with E-state index in [2.05, 4.69) is 21.5 Å². The molecule has 0 saturated carbocycles. The Morgan fingerprint density at radius 1 is 1.45 bits per heavy atom. The summed E-state index contributed by atoms with van der Waals surface area (Å²) in [6, 6.07) is 0.0100. The number of anilines is 1. The van der Waals surface area contributed by atoms with E-state index in [4.69, 9.17) is 5.73 Å². The van der Waals surface area contributed by atoms with Gasteiger partial charge in [0.25, 0.3) is 10.0 Å². The highest BCUT2D eigenvalue weighted by atomic mass is 32.2. The third-order valence-electron chi connectivity index (χ3n) is 3.46. The van der Waals surface area contributed by atoms with Gasteiger partial charge in [-0.25, -0.2) is 18.1 Å². The number of nitrogens with one attached hydrogen (secondary N) is 1. The summed E-state index contributed by atoms with van der Waals surface area (Å²) in [6.07, 6.45) is 2.84. The minimum absolute atomic E-state index is 0.0100. The molecule has 0 aromatic carbocycles. The predicted molar refractivity (Wildman–Crippen MR) is 81.3 cm³/mol. The number of piperidine rings is 1. The van der Waals surface area contributed by atoms with Gasteiger partial charge in [0.05, 0.1) is 5.69 Å². The molecular formula is C12H22N4O2S2. The molecule has 0 radical (unpaired) electrons. The molecule has 1 aromatic rings. The molecule has 3 N–H and O–H groups in total. The number of nitrogen functional groups attached to an aromatic ring is 1. The van der Waals surface area contributed by atoms with E-state index in [0.717, 1.165) is 50.2 Å². The van der Waals surface area contributed by atoms with Gasteiger partial charge in [-0.15, -0.1) is 0 Å². The molecule has 6 nitrogen and oxygen atoms in total. The maximum Gasteiger partial charge on any atom is 0.252 e. The van der Waals surface area contributed by atoms with Crippen LogP contribution in [0.25, 0.3) is 0 Å². The first-order valence-electron chi connectivity index (χ1n) is 6.90. The number of aromatic nitrogens is 1. The van der Waals surface area contributed by atoms with Gasteiger partial charge >= 0.3 is 0 Å². The molecule has 0 spiro atoms. The highest BCUT2D eigenvalue weighted by Crippen LogP contribution is 2.25. The fourth-order valence-corrected chi connectivity index (χ4v) is 5.14. The Balaban J connectivity index is 1.98. The third kappa shape index (κ3) is 3.69. The van der Waals surface area contributed by atoms with Crippen LogP contribution in [0.5, 0.6) is 0 Å². The van der Waals surface area contributed by atoms with Crippen LogP contribution in [-0.2, 0) is 10.0 Å². The molecule has 2 heterocycles. The van der Waals surface area contributed by atoms with Crippen LogP contribution in [-0.4, -0.2) is 44.0 Å². The van der Waals surface area contributed by atoms with E-state index in [0.29, 0.717) is 10.8 Å². The lowest BCUT2D eigenvalue weighted by Gasteiger charge is -2.31.